The van der Waals surface area contributed by atoms with Gasteiger partial charge in [0.25, 0.3) is 5.91 Å². The summed E-state index contributed by atoms with van der Waals surface area (Å²) >= 11 is 0. The van der Waals surface area contributed by atoms with Crippen LogP contribution in [0.5, 0.6) is 0 Å². The van der Waals surface area contributed by atoms with Gasteiger partial charge in [-0.05, 0) is 50.8 Å². The van der Waals surface area contributed by atoms with Gasteiger partial charge in [-0.25, -0.2) is 4.79 Å². The molecule has 0 saturated carbocycles. The van der Waals surface area contributed by atoms with E-state index in [-0.39, 0.29) is 36.3 Å². The van der Waals surface area contributed by atoms with Crippen LogP contribution in [-0.2, 0) is 14.3 Å². The molecule has 1 aromatic carbocycles. The second-order valence-corrected chi connectivity index (χ2v) is 8.83. The molecule has 0 spiro atoms. The van der Waals surface area contributed by atoms with E-state index < -0.39 is 17.6 Å². The van der Waals surface area contributed by atoms with Crippen molar-refractivity contribution in [3.8, 4) is 0 Å². The molecule has 3 aliphatic rings. The highest BCUT2D eigenvalue weighted by Crippen LogP contribution is 2.40. The Labute approximate surface area is 169 Å². The Balaban J connectivity index is 1.58. The number of nitrogens with one attached hydrogen (secondary N) is 2. The fourth-order valence-electron chi connectivity index (χ4n) is 4.17. The highest BCUT2D eigenvalue weighted by Gasteiger charge is 2.42. The molecule has 29 heavy (non-hydrogen) atoms. The second-order valence-electron chi connectivity index (χ2n) is 8.83. The van der Waals surface area contributed by atoms with Crippen LogP contribution < -0.4 is 10.6 Å². The van der Waals surface area contributed by atoms with Gasteiger partial charge in [0, 0.05) is 18.5 Å². The van der Waals surface area contributed by atoms with Crippen LogP contribution in [0.4, 0.5) is 4.79 Å². The zero-order valence-corrected chi connectivity index (χ0v) is 16.8. The quantitative estimate of drug-likeness (QED) is 0.742. The molecule has 3 unspecified atom stereocenters. The first-order chi connectivity index (χ1) is 13.6. The first-order valence-corrected chi connectivity index (χ1v) is 9.92. The number of hydrogen-bond donors (Lipinski definition) is 2. The van der Waals surface area contributed by atoms with Gasteiger partial charge in [0.1, 0.15) is 5.60 Å². The third-order valence-corrected chi connectivity index (χ3v) is 5.66. The lowest BCUT2D eigenvalue weighted by Crippen LogP contribution is -2.47. The molecule has 2 fully saturated rings. The average molecular weight is 399 g/mol. The zero-order chi connectivity index (χ0) is 20.9. The number of amides is 4. The van der Waals surface area contributed by atoms with E-state index in [0.717, 1.165) is 17.5 Å². The minimum Gasteiger partial charge on any atom is -0.444 e. The maximum Gasteiger partial charge on any atom is 0.410 e. The van der Waals surface area contributed by atoms with Gasteiger partial charge in [-0.2, -0.15) is 0 Å². The number of nitrogens with zero attached hydrogens (tertiary/aromatic N) is 1. The number of ether oxygens (including phenoxy) is 1. The van der Waals surface area contributed by atoms with E-state index in [4.69, 9.17) is 4.74 Å². The Kier molecular flexibility index (Phi) is 4.59. The Morgan fingerprint density at radius 3 is 2.55 bits per heavy atom. The average Bonchev–Trinajstić information content (AvgIpc) is 2.88. The highest BCUT2D eigenvalue weighted by molar-refractivity contribution is 6.02. The van der Waals surface area contributed by atoms with E-state index in [1.54, 1.807) is 11.0 Å². The van der Waals surface area contributed by atoms with E-state index in [2.05, 4.69) is 10.6 Å². The van der Waals surface area contributed by atoms with E-state index >= 15 is 0 Å². The molecule has 0 radical (unpaired) electrons. The number of imide groups is 1. The monoisotopic (exact) mass is 399 g/mol. The van der Waals surface area contributed by atoms with Gasteiger partial charge in [-0.3, -0.25) is 19.7 Å². The Morgan fingerprint density at radius 2 is 1.93 bits per heavy atom. The smallest absolute Gasteiger partial charge is 0.410 e. The summed E-state index contributed by atoms with van der Waals surface area (Å²) in [6, 6.07) is 4.92. The summed E-state index contributed by atoms with van der Waals surface area (Å²) < 4.78 is 5.48. The van der Waals surface area contributed by atoms with Crippen molar-refractivity contribution in [2.24, 2.45) is 5.92 Å². The van der Waals surface area contributed by atoms with E-state index in [0.29, 0.717) is 18.5 Å². The molecular weight excluding hydrogens is 374 g/mol. The van der Waals surface area contributed by atoms with Crippen molar-refractivity contribution in [2.45, 2.75) is 57.7 Å². The summed E-state index contributed by atoms with van der Waals surface area (Å²) in [4.78, 5) is 50.3. The van der Waals surface area contributed by atoms with Gasteiger partial charge in [0.2, 0.25) is 11.8 Å². The van der Waals surface area contributed by atoms with Crippen LogP contribution in [0.15, 0.2) is 18.2 Å². The molecule has 3 atom stereocenters. The first kappa shape index (κ1) is 19.4. The van der Waals surface area contributed by atoms with Crippen molar-refractivity contribution in [3.05, 3.63) is 34.9 Å². The predicted molar refractivity (Wildman–Crippen MR) is 103 cm³/mol. The lowest BCUT2D eigenvalue weighted by Gasteiger charge is -2.41. The standard InChI is InChI=1S/C21H25N3O5/c1-21(2,3)29-20(28)24-9-8-15(24)11-4-5-12-14(10-11)17(23-18(12)26)13-6-7-16(25)22-19(13)27/h4-5,10,13,15,17H,6-9H2,1-3H3,(H,23,26)(H,22,25,27). The fraction of sp³-hybridized carbons (Fsp3) is 0.524. The SMILES string of the molecule is CC(C)(C)OC(=O)N1CCC1c1ccc2c(c1)C(C1CCC(=O)NC1=O)NC2=O. The molecule has 0 bridgehead atoms. The number of hydrogen-bond acceptors (Lipinski definition) is 5. The third-order valence-electron chi connectivity index (χ3n) is 5.66. The highest BCUT2D eigenvalue weighted by atomic mass is 16.6. The summed E-state index contributed by atoms with van der Waals surface area (Å²) in [5.41, 5.74) is 1.63. The van der Waals surface area contributed by atoms with Crippen molar-refractivity contribution in [1.82, 2.24) is 15.5 Å². The van der Waals surface area contributed by atoms with Crippen molar-refractivity contribution in [1.29, 1.82) is 0 Å². The number of piperidine rings is 1. The Morgan fingerprint density at radius 1 is 1.17 bits per heavy atom. The van der Waals surface area contributed by atoms with E-state index in [1.165, 1.54) is 0 Å². The summed E-state index contributed by atoms with van der Waals surface area (Å²) in [5, 5.41) is 5.24. The molecule has 8 nitrogen and oxygen atoms in total. The largest absolute Gasteiger partial charge is 0.444 e. The van der Waals surface area contributed by atoms with Crippen LogP contribution in [0.25, 0.3) is 0 Å². The van der Waals surface area contributed by atoms with Gasteiger partial charge in [-0.15, -0.1) is 0 Å². The second kappa shape index (κ2) is 6.86. The molecule has 4 rings (SSSR count). The van der Waals surface area contributed by atoms with Crippen molar-refractivity contribution >= 4 is 23.8 Å². The summed E-state index contributed by atoms with van der Waals surface area (Å²) in [7, 11) is 0. The summed E-state index contributed by atoms with van der Waals surface area (Å²) in [6.07, 6.45) is 1.10. The molecule has 3 aliphatic heterocycles. The number of likely N-dealkylation sites (tertiary alicyclic amines) is 1. The molecule has 0 aromatic heterocycles. The molecule has 4 amide bonds. The molecule has 3 heterocycles. The topological polar surface area (TPSA) is 105 Å². The number of carbonyl (C=O) groups is 4. The number of benzene rings is 1. The lowest BCUT2D eigenvalue weighted by molar-refractivity contribution is -0.137. The van der Waals surface area contributed by atoms with Gasteiger partial charge in [0.05, 0.1) is 18.0 Å². The zero-order valence-electron chi connectivity index (χ0n) is 16.8. The maximum absolute atomic E-state index is 12.4. The first-order valence-electron chi connectivity index (χ1n) is 9.92. The predicted octanol–water partition coefficient (Wildman–Crippen LogP) is 2.21. The van der Waals surface area contributed by atoms with Gasteiger partial charge in [0.15, 0.2) is 0 Å². The van der Waals surface area contributed by atoms with Crippen LogP contribution in [0, 0.1) is 5.92 Å². The Hall–Kier alpha value is -2.90. The van der Waals surface area contributed by atoms with Crippen LogP contribution in [0.1, 0.15) is 73.6 Å². The van der Waals surface area contributed by atoms with Gasteiger partial charge in [-0.1, -0.05) is 12.1 Å². The van der Waals surface area contributed by atoms with Crippen molar-refractivity contribution in [3.63, 3.8) is 0 Å². The normalized spacial score (nSPS) is 26.4. The van der Waals surface area contributed by atoms with E-state index in [9.17, 15) is 19.2 Å². The molecule has 0 aliphatic carbocycles. The molecule has 8 heteroatoms. The van der Waals surface area contributed by atoms with Crippen LogP contribution in [0.3, 0.4) is 0 Å². The minimum absolute atomic E-state index is 0.117. The Bertz CT molecular complexity index is 904. The van der Waals surface area contributed by atoms with Crippen molar-refractivity contribution in [2.75, 3.05) is 6.54 Å². The molecule has 154 valence electrons. The number of fused-ring (bicyclic) bond motifs is 1. The lowest BCUT2D eigenvalue weighted by atomic mass is 9.84. The van der Waals surface area contributed by atoms with E-state index in [1.807, 2.05) is 32.9 Å². The van der Waals surface area contributed by atoms with Crippen LogP contribution in [0.2, 0.25) is 0 Å². The summed E-state index contributed by atoms with van der Waals surface area (Å²) in [6.45, 7) is 6.11. The van der Waals surface area contributed by atoms with Crippen LogP contribution >= 0.6 is 0 Å². The number of rotatable bonds is 2. The number of carbonyl (C=O) groups excluding carboxylic acids is 4. The minimum atomic E-state index is -0.567. The molecule has 2 saturated heterocycles. The fourth-order valence-corrected chi connectivity index (χ4v) is 4.17. The molecular formula is C21H25N3O5. The maximum atomic E-state index is 12.4. The van der Waals surface area contributed by atoms with Crippen LogP contribution in [-0.4, -0.2) is 40.9 Å². The van der Waals surface area contributed by atoms with Crippen molar-refractivity contribution < 1.29 is 23.9 Å². The van der Waals surface area contributed by atoms with Gasteiger partial charge >= 0.3 is 6.09 Å². The van der Waals surface area contributed by atoms with Gasteiger partial charge < -0.3 is 15.0 Å². The third kappa shape index (κ3) is 3.59. The molecule has 1 aromatic rings. The molecule has 2 N–H and O–H groups in total. The summed E-state index contributed by atoms with van der Waals surface area (Å²) in [5.74, 6) is -1.36.